The molecule has 32 heavy (non-hydrogen) atoms. The Balaban J connectivity index is 1.87. The van der Waals surface area contributed by atoms with Gasteiger partial charge < -0.3 is 5.32 Å². The van der Waals surface area contributed by atoms with Crippen molar-refractivity contribution in [1.82, 2.24) is 4.98 Å². The normalized spacial score (nSPS) is 12.0. The molecule has 170 valence electrons. The Morgan fingerprint density at radius 3 is 2.38 bits per heavy atom. The Bertz CT molecular complexity index is 1310. The Labute approximate surface area is 189 Å². The second kappa shape index (κ2) is 8.68. The van der Waals surface area contributed by atoms with E-state index in [1.165, 1.54) is 24.3 Å². The molecule has 0 saturated heterocycles. The molecule has 6 nitrogen and oxygen atoms in total. The van der Waals surface area contributed by atoms with Gasteiger partial charge in [-0.05, 0) is 37.3 Å². The van der Waals surface area contributed by atoms with Crippen molar-refractivity contribution in [3.8, 4) is 11.3 Å². The molecule has 13 heteroatoms. The summed E-state index contributed by atoms with van der Waals surface area (Å²) >= 11 is 6.95. The van der Waals surface area contributed by atoms with Crippen molar-refractivity contribution in [3.05, 3.63) is 62.7 Å². The quantitative estimate of drug-likeness (QED) is 0.443. The number of amides is 1. The summed E-state index contributed by atoms with van der Waals surface area (Å²) in [6.07, 6.45) is -3.25. The van der Waals surface area contributed by atoms with E-state index in [0.717, 1.165) is 17.6 Å². The van der Waals surface area contributed by atoms with Crippen LogP contribution in [-0.4, -0.2) is 25.6 Å². The number of nitrogens with one attached hydrogen (secondary N) is 2. The van der Waals surface area contributed by atoms with Crippen LogP contribution in [0.2, 0.25) is 5.02 Å². The highest BCUT2D eigenvalue weighted by Crippen LogP contribution is 2.35. The minimum atomic E-state index is -4.73. The Kier molecular flexibility index (Phi) is 6.50. The van der Waals surface area contributed by atoms with Gasteiger partial charge in [-0.2, -0.15) is 13.2 Å². The highest BCUT2D eigenvalue weighted by atomic mass is 35.5. The van der Waals surface area contributed by atoms with Crippen molar-refractivity contribution in [2.24, 2.45) is 0 Å². The minimum absolute atomic E-state index is 0.134. The first-order valence-electron chi connectivity index (χ1n) is 8.66. The smallest absolute Gasteiger partial charge is 0.321 e. The topological polar surface area (TPSA) is 88.2 Å². The van der Waals surface area contributed by atoms with E-state index in [0.29, 0.717) is 17.1 Å². The molecule has 2 aromatic heterocycles. The second-order valence-electron chi connectivity index (χ2n) is 6.69. The van der Waals surface area contributed by atoms with E-state index in [9.17, 15) is 30.8 Å². The fraction of sp³-hybridized carbons (Fsp3) is 0.158. The number of anilines is 2. The largest absolute Gasteiger partial charge is 0.417 e. The van der Waals surface area contributed by atoms with Gasteiger partial charge in [0, 0.05) is 27.3 Å². The zero-order chi connectivity index (χ0) is 23.8. The Morgan fingerprint density at radius 1 is 1.12 bits per heavy atom. The lowest BCUT2D eigenvalue weighted by Gasteiger charge is -2.09. The minimum Gasteiger partial charge on any atom is -0.321 e. The van der Waals surface area contributed by atoms with E-state index < -0.39 is 33.5 Å². The van der Waals surface area contributed by atoms with Gasteiger partial charge in [-0.3, -0.25) is 14.5 Å². The lowest BCUT2D eigenvalue weighted by molar-refractivity contribution is -0.138. The maximum absolute atomic E-state index is 14.3. The van der Waals surface area contributed by atoms with E-state index >= 15 is 0 Å². The molecule has 0 aliphatic rings. The van der Waals surface area contributed by atoms with Crippen molar-refractivity contribution in [1.29, 1.82) is 0 Å². The van der Waals surface area contributed by atoms with E-state index in [-0.39, 0.29) is 32.5 Å². The van der Waals surface area contributed by atoms with Crippen molar-refractivity contribution in [2.45, 2.75) is 13.1 Å². The van der Waals surface area contributed by atoms with Crippen LogP contribution in [0.15, 0.2) is 36.5 Å². The van der Waals surface area contributed by atoms with Gasteiger partial charge >= 0.3 is 6.18 Å². The summed E-state index contributed by atoms with van der Waals surface area (Å²) in [5.41, 5.74) is -1.02. The Hall–Kier alpha value is -2.70. The number of benzene rings is 1. The number of hydrogen-bond acceptors (Lipinski definition) is 5. The van der Waals surface area contributed by atoms with Crippen molar-refractivity contribution in [3.63, 3.8) is 0 Å². The number of alkyl halides is 3. The summed E-state index contributed by atoms with van der Waals surface area (Å²) in [6.45, 7) is 1.57. The molecule has 0 atom stereocenters. The first-order chi connectivity index (χ1) is 14.7. The van der Waals surface area contributed by atoms with Crippen LogP contribution >= 0.6 is 22.9 Å². The summed E-state index contributed by atoms with van der Waals surface area (Å²) in [5.74, 6) is -1.77. The molecular formula is C19H14ClF4N3O3S2. The molecule has 1 amide bonds. The number of rotatable bonds is 5. The molecule has 0 unspecified atom stereocenters. The highest BCUT2D eigenvalue weighted by molar-refractivity contribution is 7.92. The summed E-state index contributed by atoms with van der Waals surface area (Å²) < 4.78 is 77.6. The highest BCUT2D eigenvalue weighted by Gasteiger charge is 2.32. The van der Waals surface area contributed by atoms with Gasteiger partial charge in [-0.15, -0.1) is 11.3 Å². The molecule has 0 radical (unpaired) electrons. The van der Waals surface area contributed by atoms with Crippen LogP contribution in [0.1, 0.15) is 20.1 Å². The predicted octanol–water partition coefficient (Wildman–Crippen LogP) is 5.55. The van der Waals surface area contributed by atoms with Gasteiger partial charge in [0.2, 0.25) is 10.0 Å². The van der Waals surface area contributed by atoms with Crippen LogP contribution < -0.4 is 10.0 Å². The van der Waals surface area contributed by atoms with Crippen LogP contribution in [0.4, 0.5) is 28.9 Å². The van der Waals surface area contributed by atoms with Crippen LogP contribution in [0.3, 0.4) is 0 Å². The zero-order valence-electron chi connectivity index (χ0n) is 16.3. The number of pyridine rings is 1. The summed E-state index contributed by atoms with van der Waals surface area (Å²) in [5, 5.41) is 2.71. The first-order valence-corrected chi connectivity index (χ1v) is 11.7. The van der Waals surface area contributed by atoms with E-state index in [2.05, 4.69) is 15.0 Å². The van der Waals surface area contributed by atoms with E-state index in [4.69, 9.17) is 11.6 Å². The molecule has 1 aromatic carbocycles. The number of nitrogens with zero attached hydrogens (tertiary/aromatic N) is 1. The number of sulfonamides is 1. The van der Waals surface area contributed by atoms with Crippen molar-refractivity contribution in [2.75, 3.05) is 16.3 Å². The first kappa shape index (κ1) is 24.0. The zero-order valence-corrected chi connectivity index (χ0v) is 18.7. The number of halogens is 5. The fourth-order valence-electron chi connectivity index (χ4n) is 2.75. The fourth-order valence-corrected chi connectivity index (χ4v) is 4.44. The third kappa shape index (κ3) is 5.75. The number of carbonyl (C=O) groups is 1. The van der Waals surface area contributed by atoms with Crippen molar-refractivity contribution < 1.29 is 30.8 Å². The average Bonchev–Trinajstić information content (AvgIpc) is 3.00. The maximum atomic E-state index is 14.3. The van der Waals surface area contributed by atoms with Crippen LogP contribution in [0.5, 0.6) is 0 Å². The lowest BCUT2D eigenvalue weighted by Crippen LogP contribution is -2.12. The molecule has 2 heterocycles. The third-order valence-corrected chi connectivity index (χ3v) is 5.90. The van der Waals surface area contributed by atoms with Crippen LogP contribution in [-0.2, 0) is 16.2 Å². The number of thiophene rings is 1. The molecule has 0 aliphatic carbocycles. The van der Waals surface area contributed by atoms with Gasteiger partial charge in [0.05, 0.1) is 22.4 Å². The number of aromatic nitrogens is 1. The molecular weight excluding hydrogens is 494 g/mol. The monoisotopic (exact) mass is 507 g/mol. The van der Waals surface area contributed by atoms with Gasteiger partial charge in [0.25, 0.3) is 5.91 Å². The molecule has 0 bridgehead atoms. The second-order valence-corrected chi connectivity index (χ2v) is 10.1. The average molecular weight is 508 g/mol. The molecule has 0 aliphatic heterocycles. The summed E-state index contributed by atoms with van der Waals surface area (Å²) in [6, 6.07) is 5.76. The summed E-state index contributed by atoms with van der Waals surface area (Å²) in [7, 11) is -3.57. The molecule has 3 rings (SSSR count). The van der Waals surface area contributed by atoms with E-state index in [1.807, 2.05) is 0 Å². The molecule has 3 aromatic rings. The number of carbonyl (C=O) groups excluding carboxylic acids is 1. The van der Waals surface area contributed by atoms with Gasteiger partial charge in [0.1, 0.15) is 11.5 Å². The Morgan fingerprint density at radius 2 is 1.78 bits per heavy atom. The van der Waals surface area contributed by atoms with Crippen molar-refractivity contribution >= 4 is 50.2 Å². The SMILES string of the molecule is Cc1sc(C(=O)Nc2cc(Cl)cc(NS(C)(=O)=O)c2)cc1-c1ncc(C(F)(F)F)cc1F. The van der Waals surface area contributed by atoms with Gasteiger partial charge in [-0.1, -0.05) is 11.6 Å². The molecule has 2 N–H and O–H groups in total. The molecule has 0 spiro atoms. The number of aryl methyl sites for hydroxylation is 1. The van der Waals surface area contributed by atoms with Crippen LogP contribution in [0, 0.1) is 12.7 Å². The predicted molar refractivity (Wildman–Crippen MR) is 115 cm³/mol. The standard InChI is InChI=1S/C19H14ClF4N3O3S2/c1-9-14(17-15(21)3-10(8-25-17)19(22,23)24)7-16(31-9)18(28)26-12-4-11(20)5-13(6-12)27-32(2,29)30/h3-8,27H,1-2H3,(H,26,28). The number of hydrogen-bond donors (Lipinski definition) is 2. The van der Waals surface area contributed by atoms with Gasteiger partial charge in [-0.25, -0.2) is 12.8 Å². The third-order valence-electron chi connectivity index (χ3n) is 4.02. The lowest BCUT2D eigenvalue weighted by atomic mass is 10.1. The maximum Gasteiger partial charge on any atom is 0.417 e. The van der Waals surface area contributed by atoms with Crippen LogP contribution in [0.25, 0.3) is 11.3 Å². The molecule has 0 fully saturated rings. The van der Waals surface area contributed by atoms with E-state index in [1.54, 1.807) is 6.92 Å². The van der Waals surface area contributed by atoms with Gasteiger partial charge in [0.15, 0.2) is 0 Å². The summed E-state index contributed by atoms with van der Waals surface area (Å²) in [4.78, 5) is 16.8. The molecule has 0 saturated carbocycles.